The van der Waals surface area contributed by atoms with E-state index in [4.69, 9.17) is 5.11 Å². The standard InChI is InChI=1S/C15H22FNO3S/c1-11-2-4-12(5-3-11)9-17-21(19,20)14-6-7-15(16)13(8-14)10-18/h6-8,11-12,17-18H,2-5,9-10H2,1H3. The maximum absolute atomic E-state index is 13.3. The Bertz CT molecular complexity index is 581. The summed E-state index contributed by atoms with van der Waals surface area (Å²) in [5, 5.41) is 9.01. The quantitative estimate of drug-likeness (QED) is 0.877. The van der Waals surface area contributed by atoms with Crippen molar-refractivity contribution in [3.8, 4) is 0 Å². The van der Waals surface area contributed by atoms with Crippen LogP contribution in [0.5, 0.6) is 0 Å². The molecule has 1 fully saturated rings. The average molecular weight is 315 g/mol. The molecule has 1 aliphatic carbocycles. The molecule has 2 rings (SSSR count). The van der Waals surface area contributed by atoms with E-state index in [9.17, 15) is 12.8 Å². The molecule has 118 valence electrons. The van der Waals surface area contributed by atoms with Gasteiger partial charge in [0, 0.05) is 12.1 Å². The molecule has 0 heterocycles. The zero-order chi connectivity index (χ0) is 15.5. The number of aliphatic hydroxyl groups is 1. The first-order valence-electron chi connectivity index (χ1n) is 7.31. The number of hydrogen-bond acceptors (Lipinski definition) is 3. The van der Waals surface area contributed by atoms with Gasteiger partial charge in [0.15, 0.2) is 0 Å². The van der Waals surface area contributed by atoms with Crippen molar-refractivity contribution in [2.24, 2.45) is 11.8 Å². The summed E-state index contributed by atoms with van der Waals surface area (Å²) in [6.07, 6.45) is 4.35. The predicted octanol–water partition coefficient (Wildman–Crippen LogP) is 2.42. The molecule has 0 spiro atoms. The third-order valence-corrected chi connectivity index (χ3v) is 5.62. The summed E-state index contributed by atoms with van der Waals surface area (Å²) >= 11 is 0. The van der Waals surface area contributed by atoms with Crippen molar-refractivity contribution in [1.29, 1.82) is 0 Å². The highest BCUT2D eigenvalue weighted by atomic mass is 32.2. The van der Waals surface area contributed by atoms with Gasteiger partial charge < -0.3 is 5.11 Å². The summed E-state index contributed by atoms with van der Waals surface area (Å²) < 4.78 is 40.3. The minimum absolute atomic E-state index is 0.00266. The first-order valence-corrected chi connectivity index (χ1v) is 8.79. The number of rotatable bonds is 5. The maximum Gasteiger partial charge on any atom is 0.240 e. The second-order valence-electron chi connectivity index (χ2n) is 5.89. The van der Waals surface area contributed by atoms with Crippen molar-refractivity contribution in [2.75, 3.05) is 6.54 Å². The van der Waals surface area contributed by atoms with E-state index in [-0.39, 0.29) is 10.5 Å². The molecule has 2 N–H and O–H groups in total. The Balaban J connectivity index is 2.01. The third kappa shape index (κ3) is 4.25. The Morgan fingerprint density at radius 3 is 2.57 bits per heavy atom. The third-order valence-electron chi connectivity index (χ3n) is 4.20. The minimum atomic E-state index is -3.65. The molecule has 1 aliphatic rings. The van der Waals surface area contributed by atoms with E-state index in [1.807, 2.05) is 0 Å². The van der Waals surface area contributed by atoms with E-state index < -0.39 is 22.4 Å². The number of benzene rings is 1. The molecule has 1 saturated carbocycles. The average Bonchev–Trinajstić information content (AvgIpc) is 2.47. The topological polar surface area (TPSA) is 66.4 Å². The molecule has 0 aromatic heterocycles. The zero-order valence-electron chi connectivity index (χ0n) is 12.2. The van der Waals surface area contributed by atoms with E-state index in [1.54, 1.807) is 0 Å². The highest BCUT2D eigenvalue weighted by molar-refractivity contribution is 7.89. The van der Waals surface area contributed by atoms with Crippen LogP contribution in [0, 0.1) is 17.7 Å². The van der Waals surface area contributed by atoms with Gasteiger partial charge in [0.2, 0.25) is 10.0 Å². The highest BCUT2D eigenvalue weighted by Gasteiger charge is 2.21. The Morgan fingerprint density at radius 2 is 1.95 bits per heavy atom. The van der Waals surface area contributed by atoms with Crippen molar-refractivity contribution in [3.63, 3.8) is 0 Å². The molecule has 1 aromatic carbocycles. The lowest BCUT2D eigenvalue weighted by Crippen LogP contribution is -2.31. The molecule has 0 radical (unpaired) electrons. The van der Waals surface area contributed by atoms with Crippen LogP contribution in [-0.2, 0) is 16.6 Å². The number of nitrogens with one attached hydrogen (secondary N) is 1. The molecule has 21 heavy (non-hydrogen) atoms. The van der Waals surface area contributed by atoms with Gasteiger partial charge in [-0.15, -0.1) is 0 Å². The van der Waals surface area contributed by atoms with Crippen molar-refractivity contribution in [1.82, 2.24) is 4.72 Å². The fourth-order valence-electron chi connectivity index (χ4n) is 2.68. The predicted molar refractivity (Wildman–Crippen MR) is 78.6 cm³/mol. The summed E-state index contributed by atoms with van der Waals surface area (Å²) in [6, 6.07) is 3.47. The Kier molecular flexibility index (Phi) is 5.35. The van der Waals surface area contributed by atoms with Crippen LogP contribution in [0.15, 0.2) is 23.1 Å². The van der Waals surface area contributed by atoms with Crippen molar-refractivity contribution < 1.29 is 17.9 Å². The second-order valence-corrected chi connectivity index (χ2v) is 7.66. The van der Waals surface area contributed by atoms with E-state index >= 15 is 0 Å². The summed E-state index contributed by atoms with van der Waals surface area (Å²) in [5.74, 6) is 0.494. The fraction of sp³-hybridized carbons (Fsp3) is 0.600. The normalized spacial score (nSPS) is 23.2. The highest BCUT2D eigenvalue weighted by Crippen LogP contribution is 2.28. The molecule has 4 nitrogen and oxygen atoms in total. The molecule has 0 atom stereocenters. The van der Waals surface area contributed by atoms with Crippen LogP contribution in [-0.4, -0.2) is 20.1 Å². The van der Waals surface area contributed by atoms with Crippen LogP contribution < -0.4 is 4.72 Å². The smallest absolute Gasteiger partial charge is 0.240 e. The maximum atomic E-state index is 13.3. The van der Waals surface area contributed by atoms with Crippen LogP contribution >= 0.6 is 0 Å². The number of halogens is 1. The SMILES string of the molecule is CC1CCC(CNS(=O)(=O)c2ccc(F)c(CO)c2)CC1. The van der Waals surface area contributed by atoms with Crippen LogP contribution in [0.4, 0.5) is 4.39 Å². The first-order chi connectivity index (χ1) is 9.92. The molecule has 1 aromatic rings. The van der Waals surface area contributed by atoms with E-state index in [1.165, 1.54) is 12.1 Å². The molecule has 0 unspecified atom stereocenters. The lowest BCUT2D eigenvalue weighted by molar-refractivity contribution is 0.275. The molecule has 0 saturated heterocycles. The summed E-state index contributed by atoms with van der Waals surface area (Å²) in [4.78, 5) is -0.00266. The Labute approximate surface area is 125 Å². The molecule has 0 bridgehead atoms. The molecule has 0 amide bonds. The summed E-state index contributed by atoms with van der Waals surface area (Å²) in [7, 11) is -3.65. The summed E-state index contributed by atoms with van der Waals surface area (Å²) in [5.41, 5.74) is -0.00985. The lowest BCUT2D eigenvalue weighted by Gasteiger charge is -2.26. The largest absolute Gasteiger partial charge is 0.392 e. The van der Waals surface area contributed by atoms with Crippen LogP contribution in [0.1, 0.15) is 38.2 Å². The van der Waals surface area contributed by atoms with Gasteiger partial charge in [0.25, 0.3) is 0 Å². The second kappa shape index (κ2) is 6.85. The van der Waals surface area contributed by atoms with Gasteiger partial charge in [0.1, 0.15) is 5.82 Å². The number of hydrogen-bond donors (Lipinski definition) is 2. The van der Waals surface area contributed by atoms with Gasteiger partial charge in [-0.2, -0.15) is 0 Å². The lowest BCUT2D eigenvalue weighted by atomic mass is 9.83. The van der Waals surface area contributed by atoms with Gasteiger partial charge in [-0.1, -0.05) is 19.8 Å². The van der Waals surface area contributed by atoms with Crippen LogP contribution in [0.25, 0.3) is 0 Å². The van der Waals surface area contributed by atoms with Crippen LogP contribution in [0.3, 0.4) is 0 Å². The molecule has 6 heteroatoms. The van der Waals surface area contributed by atoms with Gasteiger partial charge in [-0.25, -0.2) is 17.5 Å². The van der Waals surface area contributed by atoms with E-state index in [0.29, 0.717) is 12.5 Å². The number of sulfonamides is 1. The van der Waals surface area contributed by atoms with Crippen molar-refractivity contribution in [2.45, 2.75) is 44.1 Å². The van der Waals surface area contributed by atoms with Gasteiger partial charge in [-0.05, 0) is 42.9 Å². The molecular formula is C15H22FNO3S. The zero-order valence-corrected chi connectivity index (χ0v) is 13.0. The monoisotopic (exact) mass is 315 g/mol. The summed E-state index contributed by atoms with van der Waals surface area (Å²) in [6.45, 7) is 2.12. The molecule has 0 aliphatic heterocycles. The van der Waals surface area contributed by atoms with Crippen molar-refractivity contribution in [3.05, 3.63) is 29.6 Å². The Hall–Kier alpha value is -0.980. The van der Waals surface area contributed by atoms with Crippen molar-refractivity contribution >= 4 is 10.0 Å². The van der Waals surface area contributed by atoms with Crippen LogP contribution in [0.2, 0.25) is 0 Å². The molecular weight excluding hydrogens is 293 g/mol. The Morgan fingerprint density at radius 1 is 1.29 bits per heavy atom. The first kappa shape index (κ1) is 16.4. The fourth-order valence-corrected chi connectivity index (χ4v) is 3.85. The van der Waals surface area contributed by atoms with Gasteiger partial charge >= 0.3 is 0 Å². The van der Waals surface area contributed by atoms with Gasteiger partial charge in [-0.3, -0.25) is 0 Å². The van der Waals surface area contributed by atoms with Gasteiger partial charge in [0.05, 0.1) is 11.5 Å². The van der Waals surface area contributed by atoms with E-state index in [0.717, 1.165) is 37.7 Å². The minimum Gasteiger partial charge on any atom is -0.392 e. The number of aliphatic hydroxyl groups excluding tert-OH is 1. The van der Waals surface area contributed by atoms with E-state index in [2.05, 4.69) is 11.6 Å².